The molecule has 1 aliphatic rings. The van der Waals surface area contributed by atoms with E-state index < -0.39 is 10.0 Å². The molecule has 5 nitrogen and oxygen atoms in total. The normalized spacial score (nSPS) is 17.4. The summed E-state index contributed by atoms with van der Waals surface area (Å²) in [4.78, 5) is 3.36. The molecule has 0 bridgehead atoms. The molecule has 0 aliphatic carbocycles. The number of sulfonamides is 1. The summed E-state index contributed by atoms with van der Waals surface area (Å²) >= 11 is 1.32. The van der Waals surface area contributed by atoms with Crippen molar-refractivity contribution in [1.29, 1.82) is 0 Å². The van der Waals surface area contributed by atoms with Crippen LogP contribution in [0.4, 0.5) is 0 Å². The average molecular weight is 317 g/mol. The molecule has 1 aliphatic heterocycles. The smallest absolute Gasteiger partial charge is 0.250 e. The highest BCUT2D eigenvalue weighted by molar-refractivity contribution is 7.91. The fourth-order valence-electron chi connectivity index (χ4n) is 2.36. The van der Waals surface area contributed by atoms with Crippen LogP contribution in [0.15, 0.2) is 16.3 Å². The SMILES string of the molecule is CNCc1ccc(S(=O)(=O)NCCN2CCCCC2)s1. The lowest BCUT2D eigenvalue weighted by molar-refractivity contribution is 0.233. The maximum Gasteiger partial charge on any atom is 0.250 e. The van der Waals surface area contributed by atoms with E-state index in [9.17, 15) is 8.42 Å². The number of likely N-dealkylation sites (tertiary alicyclic amines) is 1. The Bertz CT molecular complexity index is 507. The van der Waals surface area contributed by atoms with E-state index in [0.717, 1.165) is 24.5 Å². The van der Waals surface area contributed by atoms with E-state index in [4.69, 9.17) is 0 Å². The van der Waals surface area contributed by atoms with Gasteiger partial charge in [-0.25, -0.2) is 13.1 Å². The molecule has 0 saturated carbocycles. The summed E-state index contributed by atoms with van der Waals surface area (Å²) < 4.78 is 27.4. The summed E-state index contributed by atoms with van der Waals surface area (Å²) in [6, 6.07) is 3.54. The first-order chi connectivity index (χ1) is 9.62. The molecule has 114 valence electrons. The number of thiophene rings is 1. The Morgan fingerprint density at radius 3 is 2.70 bits per heavy atom. The molecule has 1 aromatic heterocycles. The Balaban J connectivity index is 1.83. The van der Waals surface area contributed by atoms with Gasteiger partial charge >= 0.3 is 0 Å². The highest BCUT2D eigenvalue weighted by Crippen LogP contribution is 2.21. The molecule has 2 N–H and O–H groups in total. The van der Waals surface area contributed by atoms with Crippen molar-refractivity contribution < 1.29 is 8.42 Å². The number of piperidine rings is 1. The van der Waals surface area contributed by atoms with Crippen LogP contribution in [-0.4, -0.2) is 46.5 Å². The first-order valence-corrected chi connectivity index (χ1v) is 9.37. The highest BCUT2D eigenvalue weighted by atomic mass is 32.2. The number of hydrogen-bond donors (Lipinski definition) is 2. The van der Waals surface area contributed by atoms with Crippen molar-refractivity contribution in [3.8, 4) is 0 Å². The molecule has 0 amide bonds. The van der Waals surface area contributed by atoms with E-state index in [2.05, 4.69) is 14.9 Å². The minimum Gasteiger partial charge on any atom is -0.315 e. The molecule has 0 radical (unpaired) electrons. The van der Waals surface area contributed by atoms with E-state index in [0.29, 0.717) is 17.3 Å². The molecular formula is C13H23N3O2S2. The van der Waals surface area contributed by atoms with Crippen LogP contribution in [0.25, 0.3) is 0 Å². The lowest BCUT2D eigenvalue weighted by Crippen LogP contribution is -2.37. The van der Waals surface area contributed by atoms with Gasteiger partial charge in [-0.3, -0.25) is 0 Å². The van der Waals surface area contributed by atoms with Gasteiger partial charge in [-0.15, -0.1) is 11.3 Å². The van der Waals surface area contributed by atoms with Crippen LogP contribution in [-0.2, 0) is 16.6 Å². The quantitative estimate of drug-likeness (QED) is 0.794. The van der Waals surface area contributed by atoms with Crippen LogP contribution >= 0.6 is 11.3 Å². The van der Waals surface area contributed by atoms with E-state index in [-0.39, 0.29) is 0 Å². The van der Waals surface area contributed by atoms with Crippen LogP contribution in [0.1, 0.15) is 24.1 Å². The summed E-state index contributed by atoms with van der Waals surface area (Å²) in [6.45, 7) is 4.17. The topological polar surface area (TPSA) is 61.4 Å². The summed E-state index contributed by atoms with van der Waals surface area (Å²) in [5.41, 5.74) is 0. The summed E-state index contributed by atoms with van der Waals surface area (Å²) in [5.74, 6) is 0. The fourth-order valence-corrected chi connectivity index (χ4v) is 4.80. The van der Waals surface area contributed by atoms with E-state index >= 15 is 0 Å². The number of rotatable bonds is 7. The van der Waals surface area contributed by atoms with Gasteiger partial charge in [0.1, 0.15) is 4.21 Å². The summed E-state index contributed by atoms with van der Waals surface area (Å²) in [7, 11) is -1.49. The minimum absolute atomic E-state index is 0.404. The van der Waals surface area contributed by atoms with Gasteiger partial charge in [0.2, 0.25) is 10.0 Å². The monoisotopic (exact) mass is 317 g/mol. The van der Waals surface area contributed by atoms with E-state index in [1.54, 1.807) is 6.07 Å². The Morgan fingerprint density at radius 1 is 1.25 bits per heavy atom. The Kier molecular flexibility index (Phi) is 5.98. The molecule has 2 heterocycles. The lowest BCUT2D eigenvalue weighted by Gasteiger charge is -2.26. The second-order valence-corrected chi connectivity index (χ2v) is 8.21. The number of nitrogens with one attached hydrogen (secondary N) is 2. The second kappa shape index (κ2) is 7.51. The first kappa shape index (κ1) is 15.9. The zero-order valence-corrected chi connectivity index (χ0v) is 13.5. The minimum atomic E-state index is -3.34. The average Bonchev–Trinajstić information content (AvgIpc) is 2.90. The third-order valence-electron chi connectivity index (χ3n) is 3.42. The van der Waals surface area contributed by atoms with Crippen LogP contribution in [0.5, 0.6) is 0 Å². The van der Waals surface area contributed by atoms with Crippen molar-refractivity contribution in [3.63, 3.8) is 0 Å². The third-order valence-corrected chi connectivity index (χ3v) is 6.46. The van der Waals surface area contributed by atoms with Crippen molar-refractivity contribution in [2.45, 2.75) is 30.0 Å². The maximum absolute atomic E-state index is 12.2. The number of nitrogens with zero attached hydrogens (tertiary/aromatic N) is 1. The van der Waals surface area contributed by atoms with Gasteiger partial charge in [0.25, 0.3) is 0 Å². The molecule has 7 heteroatoms. The number of hydrogen-bond acceptors (Lipinski definition) is 5. The third kappa shape index (κ3) is 4.53. The van der Waals surface area contributed by atoms with Crippen molar-refractivity contribution >= 4 is 21.4 Å². The van der Waals surface area contributed by atoms with Crippen molar-refractivity contribution in [2.24, 2.45) is 0 Å². The zero-order valence-electron chi connectivity index (χ0n) is 11.9. The maximum atomic E-state index is 12.2. The van der Waals surface area contributed by atoms with Gasteiger partial charge < -0.3 is 10.2 Å². The standard InChI is InChI=1S/C13H23N3O2S2/c1-14-11-12-5-6-13(19-12)20(17,18)15-7-10-16-8-3-2-4-9-16/h5-6,14-15H,2-4,7-11H2,1H3. The Morgan fingerprint density at radius 2 is 2.00 bits per heavy atom. The predicted molar refractivity (Wildman–Crippen MR) is 82.6 cm³/mol. The van der Waals surface area contributed by atoms with Crippen LogP contribution < -0.4 is 10.0 Å². The summed E-state index contributed by atoms with van der Waals surface area (Å²) in [6.07, 6.45) is 3.75. The van der Waals surface area contributed by atoms with Gasteiger partial charge in [0.15, 0.2) is 0 Å². The molecule has 0 aromatic carbocycles. The van der Waals surface area contributed by atoms with Crippen molar-refractivity contribution in [1.82, 2.24) is 14.9 Å². The molecule has 1 aromatic rings. The zero-order chi connectivity index (χ0) is 14.4. The van der Waals surface area contributed by atoms with Gasteiger partial charge in [0.05, 0.1) is 0 Å². The largest absolute Gasteiger partial charge is 0.315 e. The Labute approximate surface area is 125 Å². The Hall–Kier alpha value is -0.470. The molecular weight excluding hydrogens is 294 g/mol. The van der Waals surface area contributed by atoms with Crippen LogP contribution in [0, 0.1) is 0 Å². The van der Waals surface area contributed by atoms with Gasteiger partial charge in [0, 0.05) is 24.5 Å². The van der Waals surface area contributed by atoms with Crippen LogP contribution in [0.3, 0.4) is 0 Å². The van der Waals surface area contributed by atoms with E-state index in [1.165, 1.54) is 30.6 Å². The van der Waals surface area contributed by atoms with Gasteiger partial charge in [-0.2, -0.15) is 0 Å². The van der Waals surface area contributed by atoms with Crippen LogP contribution in [0.2, 0.25) is 0 Å². The molecule has 0 unspecified atom stereocenters. The lowest BCUT2D eigenvalue weighted by atomic mass is 10.1. The van der Waals surface area contributed by atoms with E-state index in [1.807, 2.05) is 13.1 Å². The molecule has 0 atom stereocenters. The second-order valence-electron chi connectivity index (χ2n) is 5.05. The van der Waals surface area contributed by atoms with Gasteiger partial charge in [-0.05, 0) is 45.1 Å². The molecule has 1 saturated heterocycles. The fraction of sp³-hybridized carbons (Fsp3) is 0.692. The molecule has 20 heavy (non-hydrogen) atoms. The predicted octanol–water partition coefficient (Wildman–Crippen LogP) is 1.23. The van der Waals surface area contributed by atoms with Gasteiger partial charge in [-0.1, -0.05) is 6.42 Å². The molecule has 2 rings (SSSR count). The molecule has 1 fully saturated rings. The summed E-state index contributed by atoms with van der Waals surface area (Å²) in [5, 5.41) is 3.02. The molecule has 0 spiro atoms. The first-order valence-electron chi connectivity index (χ1n) is 7.07. The van der Waals surface area contributed by atoms with Crippen molar-refractivity contribution in [3.05, 3.63) is 17.0 Å². The highest BCUT2D eigenvalue weighted by Gasteiger charge is 2.17. The van der Waals surface area contributed by atoms with Crippen molar-refractivity contribution in [2.75, 3.05) is 33.2 Å².